The number of halogens is 1. The molecule has 0 atom stereocenters. The van der Waals surface area contributed by atoms with E-state index >= 15 is 0 Å². The Balaban J connectivity index is 1.94. The Morgan fingerprint density at radius 3 is 2.50 bits per heavy atom. The molecule has 6 heteroatoms. The van der Waals surface area contributed by atoms with Crippen molar-refractivity contribution in [3.63, 3.8) is 0 Å². The van der Waals surface area contributed by atoms with Crippen LogP contribution in [0.3, 0.4) is 0 Å². The van der Waals surface area contributed by atoms with Crippen LogP contribution in [0.15, 0.2) is 51.7 Å². The van der Waals surface area contributed by atoms with Gasteiger partial charge < -0.3 is 18.8 Å². The quantitative estimate of drug-likeness (QED) is 0.697. The second-order valence-electron chi connectivity index (χ2n) is 6.11. The highest BCUT2D eigenvalue weighted by Crippen LogP contribution is 2.34. The maximum Gasteiger partial charge on any atom is 0.200 e. The van der Waals surface area contributed by atoms with Crippen molar-refractivity contribution in [3.8, 4) is 16.9 Å². The summed E-state index contributed by atoms with van der Waals surface area (Å²) in [6.45, 7) is 2.63. The van der Waals surface area contributed by atoms with Crippen LogP contribution in [0, 0.1) is 0 Å². The van der Waals surface area contributed by atoms with Gasteiger partial charge in [0.15, 0.2) is 11.3 Å². The Morgan fingerprint density at radius 1 is 1.08 bits per heavy atom. The number of morpholine rings is 1. The maximum atomic E-state index is 12.8. The molecule has 1 saturated heterocycles. The van der Waals surface area contributed by atoms with Crippen molar-refractivity contribution < 1.29 is 13.9 Å². The van der Waals surface area contributed by atoms with Gasteiger partial charge in [0.1, 0.15) is 11.3 Å². The molecule has 5 nitrogen and oxygen atoms in total. The number of anilines is 1. The summed E-state index contributed by atoms with van der Waals surface area (Å²) in [4.78, 5) is 14.8. The van der Waals surface area contributed by atoms with Crippen LogP contribution in [0.4, 0.5) is 5.88 Å². The van der Waals surface area contributed by atoms with Crippen molar-refractivity contribution in [2.24, 2.45) is 0 Å². The van der Waals surface area contributed by atoms with Gasteiger partial charge >= 0.3 is 0 Å². The minimum atomic E-state index is -0.0955. The number of benzene rings is 2. The van der Waals surface area contributed by atoms with E-state index in [1.807, 2.05) is 35.2 Å². The number of ether oxygens (including phenoxy) is 2. The third kappa shape index (κ3) is 3.16. The van der Waals surface area contributed by atoms with Crippen LogP contribution in [0.2, 0.25) is 5.02 Å². The van der Waals surface area contributed by atoms with Gasteiger partial charge in [0, 0.05) is 29.7 Å². The van der Waals surface area contributed by atoms with Gasteiger partial charge in [0.25, 0.3) is 0 Å². The zero-order chi connectivity index (χ0) is 18.1. The molecule has 0 aliphatic carbocycles. The average Bonchev–Trinajstić information content (AvgIpc) is 2.68. The van der Waals surface area contributed by atoms with E-state index in [0.717, 1.165) is 11.1 Å². The highest BCUT2D eigenvalue weighted by atomic mass is 35.5. The van der Waals surface area contributed by atoms with Crippen LogP contribution >= 0.6 is 11.6 Å². The largest absolute Gasteiger partial charge is 0.497 e. The van der Waals surface area contributed by atoms with Gasteiger partial charge in [-0.1, -0.05) is 23.7 Å². The van der Waals surface area contributed by atoms with Gasteiger partial charge in [-0.25, -0.2) is 0 Å². The molecule has 0 N–H and O–H groups in total. The Labute approximate surface area is 155 Å². The van der Waals surface area contributed by atoms with Crippen molar-refractivity contribution in [1.82, 2.24) is 0 Å². The summed E-state index contributed by atoms with van der Waals surface area (Å²) < 4.78 is 16.9. The van der Waals surface area contributed by atoms with Crippen molar-refractivity contribution >= 4 is 28.5 Å². The van der Waals surface area contributed by atoms with Crippen LogP contribution in [-0.2, 0) is 4.74 Å². The van der Waals surface area contributed by atoms with Crippen LogP contribution in [-0.4, -0.2) is 33.4 Å². The fourth-order valence-electron chi connectivity index (χ4n) is 3.12. The van der Waals surface area contributed by atoms with E-state index in [1.165, 1.54) is 0 Å². The number of methoxy groups -OCH3 is 1. The highest BCUT2D eigenvalue weighted by Gasteiger charge is 2.18. The van der Waals surface area contributed by atoms with Gasteiger partial charge in [0.05, 0.1) is 25.7 Å². The summed E-state index contributed by atoms with van der Waals surface area (Å²) in [5.74, 6) is 1.17. The van der Waals surface area contributed by atoms with Crippen molar-refractivity contribution in [1.29, 1.82) is 0 Å². The molecule has 1 aliphatic rings. The molecule has 0 radical (unpaired) electrons. The Kier molecular flexibility index (Phi) is 4.57. The van der Waals surface area contributed by atoms with E-state index in [-0.39, 0.29) is 5.43 Å². The lowest BCUT2D eigenvalue weighted by Gasteiger charge is -2.27. The number of rotatable bonds is 3. The summed E-state index contributed by atoms with van der Waals surface area (Å²) in [6, 6.07) is 12.5. The predicted octanol–water partition coefficient (Wildman–Crippen LogP) is 3.96. The summed E-state index contributed by atoms with van der Waals surface area (Å²) >= 11 is 6.01. The molecule has 3 aromatic rings. The Morgan fingerprint density at radius 2 is 1.81 bits per heavy atom. The molecule has 26 heavy (non-hydrogen) atoms. The lowest BCUT2D eigenvalue weighted by molar-refractivity contribution is 0.121. The molecule has 0 bridgehead atoms. The van der Waals surface area contributed by atoms with Crippen molar-refractivity contribution in [2.45, 2.75) is 0 Å². The molecule has 1 aromatic heterocycles. The first kappa shape index (κ1) is 16.9. The van der Waals surface area contributed by atoms with Gasteiger partial charge in [-0.3, -0.25) is 4.79 Å². The van der Waals surface area contributed by atoms with Gasteiger partial charge in [-0.2, -0.15) is 0 Å². The van der Waals surface area contributed by atoms with E-state index in [2.05, 4.69) is 0 Å². The van der Waals surface area contributed by atoms with Crippen LogP contribution < -0.4 is 15.1 Å². The maximum absolute atomic E-state index is 12.8. The topological polar surface area (TPSA) is 51.9 Å². The molecule has 2 heterocycles. The van der Waals surface area contributed by atoms with E-state index in [0.29, 0.717) is 53.9 Å². The van der Waals surface area contributed by atoms with Crippen molar-refractivity contribution in [2.75, 3.05) is 38.3 Å². The number of hydrogen-bond donors (Lipinski definition) is 0. The molecule has 134 valence electrons. The van der Waals surface area contributed by atoms with Gasteiger partial charge in [0.2, 0.25) is 0 Å². The minimum Gasteiger partial charge on any atom is -0.497 e. The average molecular weight is 372 g/mol. The first-order valence-corrected chi connectivity index (χ1v) is 8.78. The third-order valence-electron chi connectivity index (χ3n) is 4.50. The van der Waals surface area contributed by atoms with Crippen molar-refractivity contribution in [3.05, 3.63) is 57.7 Å². The lowest BCUT2D eigenvalue weighted by Crippen LogP contribution is -2.36. The van der Waals surface area contributed by atoms with Crippen LogP contribution in [0.1, 0.15) is 0 Å². The van der Waals surface area contributed by atoms with E-state index in [4.69, 9.17) is 25.5 Å². The zero-order valence-corrected chi connectivity index (χ0v) is 15.1. The second-order valence-corrected chi connectivity index (χ2v) is 6.54. The normalized spacial score (nSPS) is 14.6. The molecule has 2 aromatic carbocycles. The first-order chi connectivity index (χ1) is 12.7. The van der Waals surface area contributed by atoms with E-state index in [1.54, 1.807) is 19.2 Å². The monoisotopic (exact) mass is 371 g/mol. The highest BCUT2D eigenvalue weighted by molar-refractivity contribution is 6.30. The third-order valence-corrected chi connectivity index (χ3v) is 4.75. The Hall–Kier alpha value is -2.50. The molecule has 1 aliphatic heterocycles. The number of nitrogens with zero attached hydrogens (tertiary/aromatic N) is 1. The second kappa shape index (κ2) is 7.02. The first-order valence-electron chi connectivity index (χ1n) is 8.40. The molecule has 0 spiro atoms. The predicted molar refractivity (Wildman–Crippen MR) is 103 cm³/mol. The van der Waals surface area contributed by atoms with Crippen LogP contribution in [0.5, 0.6) is 5.75 Å². The molecule has 4 rings (SSSR count). The fourth-order valence-corrected chi connectivity index (χ4v) is 3.25. The molecule has 0 unspecified atom stereocenters. The summed E-state index contributed by atoms with van der Waals surface area (Å²) in [7, 11) is 1.58. The number of fused-ring (bicyclic) bond motifs is 1. The molecule has 1 fully saturated rings. The summed E-state index contributed by atoms with van der Waals surface area (Å²) in [6.07, 6.45) is 0. The van der Waals surface area contributed by atoms with Gasteiger partial charge in [-0.15, -0.1) is 0 Å². The SMILES string of the molecule is COc1cc(-c2ccc(Cl)cc2)c2oc(N3CCOCC3)cc(=O)c2c1. The summed E-state index contributed by atoms with van der Waals surface area (Å²) in [5, 5.41) is 1.14. The Bertz CT molecular complexity index is 991. The van der Waals surface area contributed by atoms with Gasteiger partial charge in [-0.05, 0) is 29.8 Å². The molecular weight excluding hydrogens is 354 g/mol. The molecule has 0 saturated carbocycles. The van der Waals surface area contributed by atoms with E-state index < -0.39 is 0 Å². The molecular formula is C20H18ClNO4. The number of hydrogen-bond acceptors (Lipinski definition) is 5. The smallest absolute Gasteiger partial charge is 0.200 e. The lowest BCUT2D eigenvalue weighted by atomic mass is 10.0. The summed E-state index contributed by atoms with van der Waals surface area (Å²) in [5.41, 5.74) is 2.15. The fraction of sp³-hybridized carbons (Fsp3) is 0.250. The van der Waals surface area contributed by atoms with E-state index in [9.17, 15) is 4.79 Å². The minimum absolute atomic E-state index is 0.0955. The molecule has 0 amide bonds. The zero-order valence-electron chi connectivity index (χ0n) is 14.3. The van der Waals surface area contributed by atoms with Crippen LogP contribution in [0.25, 0.3) is 22.1 Å². The standard InChI is InChI=1S/C20H18ClNO4/c1-24-15-10-16(13-2-4-14(21)5-3-13)20-17(11-15)18(23)12-19(26-20)22-6-8-25-9-7-22/h2-5,10-12H,6-9H2,1H3.